The summed E-state index contributed by atoms with van der Waals surface area (Å²) >= 11 is 3.56. The van der Waals surface area contributed by atoms with Gasteiger partial charge in [0.15, 0.2) is 0 Å². The van der Waals surface area contributed by atoms with Crippen LogP contribution in [0.1, 0.15) is 6.42 Å². The summed E-state index contributed by atoms with van der Waals surface area (Å²) in [6, 6.07) is 2.02. The monoisotopic (exact) mass is 239 g/mol. The Balaban J connectivity index is 2.04. The second kappa shape index (κ2) is 5.32. The molecule has 0 atom stereocenters. The summed E-state index contributed by atoms with van der Waals surface area (Å²) in [7, 11) is 0. The molecule has 0 radical (unpaired) electrons. The molecule has 0 spiro atoms. The molecule has 0 amide bonds. The molecule has 2 rings (SSSR count). The molecule has 80 valence electrons. The van der Waals surface area contributed by atoms with Gasteiger partial charge in [-0.3, -0.25) is 0 Å². The van der Waals surface area contributed by atoms with Crippen LogP contribution in [0.25, 0.3) is 10.2 Å². The van der Waals surface area contributed by atoms with E-state index in [0.29, 0.717) is 0 Å². The summed E-state index contributed by atoms with van der Waals surface area (Å²) in [5.74, 6) is 2.15. The van der Waals surface area contributed by atoms with Crippen LogP contribution >= 0.6 is 23.1 Å². The summed E-state index contributed by atoms with van der Waals surface area (Å²) < 4.78 is 1.15. The molecule has 0 fully saturated rings. The predicted octanol–water partition coefficient (Wildman–Crippen LogP) is 2.86. The lowest BCUT2D eigenvalue weighted by Gasteiger charge is -2.04. The van der Waals surface area contributed by atoms with Gasteiger partial charge in [0.25, 0.3) is 0 Å². The highest BCUT2D eigenvalue weighted by Gasteiger charge is 2.03. The number of nitrogens with one attached hydrogen (secondary N) is 1. The minimum absolute atomic E-state index is 0.969. The molecule has 15 heavy (non-hydrogen) atoms. The molecule has 5 heteroatoms. The van der Waals surface area contributed by atoms with E-state index in [1.807, 2.05) is 23.2 Å². The number of fused-ring (bicyclic) bond motifs is 1. The zero-order chi connectivity index (χ0) is 10.5. The number of thioether (sulfide) groups is 1. The van der Waals surface area contributed by atoms with Crippen molar-refractivity contribution in [2.45, 2.75) is 6.42 Å². The summed E-state index contributed by atoms with van der Waals surface area (Å²) in [6.07, 6.45) is 4.91. The molecule has 0 saturated carbocycles. The van der Waals surface area contributed by atoms with Gasteiger partial charge < -0.3 is 5.32 Å². The highest BCUT2D eigenvalue weighted by Crippen LogP contribution is 2.24. The van der Waals surface area contributed by atoms with Crippen molar-refractivity contribution in [3.05, 3.63) is 17.8 Å². The van der Waals surface area contributed by atoms with E-state index in [4.69, 9.17) is 0 Å². The van der Waals surface area contributed by atoms with Crippen molar-refractivity contribution < 1.29 is 0 Å². The number of hydrogen-bond acceptors (Lipinski definition) is 5. The predicted molar refractivity (Wildman–Crippen MR) is 68.9 cm³/mol. The number of hydrogen-bond donors (Lipinski definition) is 1. The zero-order valence-corrected chi connectivity index (χ0v) is 10.2. The van der Waals surface area contributed by atoms with Crippen molar-refractivity contribution in [2.24, 2.45) is 0 Å². The van der Waals surface area contributed by atoms with Crippen molar-refractivity contribution in [3.63, 3.8) is 0 Å². The lowest BCUT2D eigenvalue weighted by molar-refractivity contribution is 0.983. The molecule has 3 nitrogen and oxygen atoms in total. The van der Waals surface area contributed by atoms with Crippen LogP contribution in [-0.2, 0) is 0 Å². The first kappa shape index (κ1) is 10.7. The molecule has 0 saturated heterocycles. The molecule has 0 aliphatic heterocycles. The maximum atomic E-state index is 4.26. The van der Waals surface area contributed by atoms with Gasteiger partial charge in [0.05, 0.1) is 10.2 Å². The Labute approximate surface area is 97.3 Å². The second-order valence-electron chi connectivity index (χ2n) is 3.13. The van der Waals surface area contributed by atoms with Gasteiger partial charge in [-0.25, -0.2) is 9.97 Å². The Kier molecular flexibility index (Phi) is 3.80. The van der Waals surface area contributed by atoms with Crippen LogP contribution in [0.4, 0.5) is 5.82 Å². The third-order valence-electron chi connectivity index (χ3n) is 2.06. The van der Waals surface area contributed by atoms with E-state index >= 15 is 0 Å². The third kappa shape index (κ3) is 2.60. The number of anilines is 1. The standard InChI is InChI=1S/C10H13N3S2/c1-14-5-2-4-11-10-9-8(3-6-15-9)12-7-13-10/h3,6-7H,2,4-5H2,1H3,(H,11,12,13). The number of aromatic nitrogens is 2. The topological polar surface area (TPSA) is 37.8 Å². The molecular weight excluding hydrogens is 226 g/mol. The average Bonchev–Trinajstić information content (AvgIpc) is 2.73. The molecule has 1 N–H and O–H groups in total. The van der Waals surface area contributed by atoms with Gasteiger partial charge in [-0.1, -0.05) is 0 Å². The maximum Gasteiger partial charge on any atom is 0.147 e. The van der Waals surface area contributed by atoms with Gasteiger partial charge in [0, 0.05) is 6.54 Å². The minimum atomic E-state index is 0.969. The zero-order valence-electron chi connectivity index (χ0n) is 8.56. The van der Waals surface area contributed by atoms with Crippen molar-refractivity contribution >= 4 is 39.1 Å². The molecule has 0 bridgehead atoms. The first-order chi connectivity index (χ1) is 7.42. The highest BCUT2D eigenvalue weighted by molar-refractivity contribution is 7.98. The largest absolute Gasteiger partial charge is 0.369 e. The Morgan fingerprint density at radius 2 is 2.40 bits per heavy atom. The third-order valence-corrected chi connectivity index (χ3v) is 3.67. The van der Waals surface area contributed by atoms with Crippen LogP contribution in [0.2, 0.25) is 0 Å². The van der Waals surface area contributed by atoms with E-state index in [-0.39, 0.29) is 0 Å². The molecular formula is C10H13N3S2. The quantitative estimate of drug-likeness (QED) is 0.814. The first-order valence-corrected chi connectivity index (χ1v) is 7.10. The minimum Gasteiger partial charge on any atom is -0.369 e. The van der Waals surface area contributed by atoms with Crippen LogP contribution in [0, 0.1) is 0 Å². The SMILES string of the molecule is CSCCCNc1ncnc2ccsc12. The van der Waals surface area contributed by atoms with Crippen LogP contribution in [-0.4, -0.2) is 28.5 Å². The Morgan fingerprint density at radius 3 is 3.27 bits per heavy atom. The van der Waals surface area contributed by atoms with E-state index in [1.54, 1.807) is 17.7 Å². The van der Waals surface area contributed by atoms with Gasteiger partial charge in [-0.15, -0.1) is 11.3 Å². The lowest BCUT2D eigenvalue weighted by atomic mass is 10.4. The first-order valence-electron chi connectivity index (χ1n) is 4.83. The molecule has 2 aromatic heterocycles. The molecule has 2 heterocycles. The normalized spacial score (nSPS) is 10.7. The Hall–Kier alpha value is -0.810. The van der Waals surface area contributed by atoms with Crippen LogP contribution in [0.3, 0.4) is 0 Å². The van der Waals surface area contributed by atoms with Gasteiger partial charge in [-0.2, -0.15) is 11.8 Å². The fourth-order valence-electron chi connectivity index (χ4n) is 1.34. The Bertz CT molecular complexity index is 427. The fourth-order valence-corrected chi connectivity index (χ4v) is 2.58. The van der Waals surface area contributed by atoms with E-state index in [2.05, 4.69) is 21.5 Å². The van der Waals surface area contributed by atoms with Crippen molar-refractivity contribution in [1.29, 1.82) is 0 Å². The lowest BCUT2D eigenvalue weighted by Crippen LogP contribution is -2.04. The summed E-state index contributed by atoms with van der Waals surface area (Å²) in [6.45, 7) is 0.977. The second-order valence-corrected chi connectivity index (χ2v) is 5.03. The summed E-state index contributed by atoms with van der Waals surface area (Å²) in [5, 5.41) is 5.40. The number of nitrogens with zero attached hydrogens (tertiary/aromatic N) is 2. The fraction of sp³-hybridized carbons (Fsp3) is 0.400. The molecule has 0 unspecified atom stereocenters. The van der Waals surface area contributed by atoms with Crippen molar-refractivity contribution in [3.8, 4) is 0 Å². The smallest absolute Gasteiger partial charge is 0.147 e. The molecule has 0 aliphatic carbocycles. The summed E-state index contributed by atoms with van der Waals surface area (Å²) in [5.41, 5.74) is 1.03. The maximum absolute atomic E-state index is 4.26. The van der Waals surface area contributed by atoms with Gasteiger partial charge >= 0.3 is 0 Å². The van der Waals surface area contributed by atoms with Crippen molar-refractivity contribution in [1.82, 2.24) is 9.97 Å². The van der Waals surface area contributed by atoms with Crippen LogP contribution in [0.5, 0.6) is 0 Å². The number of rotatable bonds is 5. The molecule has 0 aromatic carbocycles. The van der Waals surface area contributed by atoms with Gasteiger partial charge in [-0.05, 0) is 29.9 Å². The highest BCUT2D eigenvalue weighted by atomic mass is 32.2. The summed E-state index contributed by atoms with van der Waals surface area (Å²) in [4.78, 5) is 8.46. The average molecular weight is 239 g/mol. The molecule has 0 aliphatic rings. The van der Waals surface area contributed by atoms with E-state index < -0.39 is 0 Å². The van der Waals surface area contributed by atoms with Gasteiger partial charge in [0.1, 0.15) is 12.1 Å². The van der Waals surface area contributed by atoms with E-state index in [0.717, 1.165) is 29.0 Å². The van der Waals surface area contributed by atoms with Crippen LogP contribution in [0.15, 0.2) is 17.8 Å². The Morgan fingerprint density at radius 1 is 1.47 bits per heavy atom. The van der Waals surface area contributed by atoms with Crippen LogP contribution < -0.4 is 5.32 Å². The molecule has 2 aromatic rings. The van der Waals surface area contributed by atoms with E-state index in [9.17, 15) is 0 Å². The van der Waals surface area contributed by atoms with E-state index in [1.165, 1.54) is 5.75 Å². The number of thiophene rings is 1. The van der Waals surface area contributed by atoms with Crippen molar-refractivity contribution in [2.75, 3.05) is 23.9 Å². The van der Waals surface area contributed by atoms with Gasteiger partial charge in [0.2, 0.25) is 0 Å².